The van der Waals surface area contributed by atoms with E-state index < -0.39 is 0 Å². The monoisotopic (exact) mass is 398 g/mol. The Morgan fingerprint density at radius 2 is 1.73 bits per heavy atom. The molecule has 1 aliphatic heterocycles. The third-order valence-corrected chi connectivity index (χ3v) is 5.08. The number of carbonyl (C=O) groups excluding carboxylic acids is 1. The Bertz CT molecular complexity index is 1040. The molecule has 1 N–H and O–H groups in total. The van der Waals surface area contributed by atoms with Gasteiger partial charge in [0, 0.05) is 44.5 Å². The van der Waals surface area contributed by atoms with Crippen LogP contribution in [-0.4, -0.2) is 51.9 Å². The summed E-state index contributed by atoms with van der Waals surface area (Å²) < 4.78 is 0. The van der Waals surface area contributed by atoms with Gasteiger partial charge < -0.3 is 10.2 Å². The molecule has 0 saturated carbocycles. The molecule has 0 atom stereocenters. The van der Waals surface area contributed by atoms with Crippen molar-refractivity contribution in [2.45, 2.75) is 6.54 Å². The standard InChI is InChI=1S/C23H22N6O/c24-15-18-6-8-20(9-7-18)27-22-14-21(25-17-26-22)23(30)29-12-10-28(11-13-29)16-19-4-2-1-3-5-19/h1-9,14,17H,10-13,16H2,(H,25,26,27). The number of nitriles is 1. The van der Waals surface area contributed by atoms with E-state index in [0.29, 0.717) is 30.2 Å². The summed E-state index contributed by atoms with van der Waals surface area (Å²) in [6.07, 6.45) is 1.39. The highest BCUT2D eigenvalue weighted by atomic mass is 16.2. The fourth-order valence-electron chi connectivity index (χ4n) is 3.43. The number of amides is 1. The second-order valence-corrected chi connectivity index (χ2v) is 7.16. The summed E-state index contributed by atoms with van der Waals surface area (Å²) in [4.78, 5) is 25.5. The van der Waals surface area contributed by atoms with Crippen LogP contribution < -0.4 is 5.32 Å². The highest BCUT2D eigenvalue weighted by Crippen LogP contribution is 2.17. The minimum absolute atomic E-state index is 0.0837. The van der Waals surface area contributed by atoms with Crippen molar-refractivity contribution in [2.75, 3.05) is 31.5 Å². The third kappa shape index (κ3) is 4.80. The zero-order chi connectivity index (χ0) is 20.8. The Morgan fingerprint density at radius 3 is 2.43 bits per heavy atom. The molecular formula is C23H22N6O. The molecule has 2 heterocycles. The number of carbonyl (C=O) groups is 1. The normalized spacial score (nSPS) is 14.2. The average molecular weight is 398 g/mol. The van der Waals surface area contributed by atoms with E-state index in [9.17, 15) is 4.79 Å². The first-order chi connectivity index (χ1) is 14.7. The summed E-state index contributed by atoms with van der Waals surface area (Å²) in [6, 6.07) is 21.2. The first-order valence-corrected chi connectivity index (χ1v) is 9.86. The summed E-state index contributed by atoms with van der Waals surface area (Å²) in [5, 5.41) is 12.0. The molecule has 7 heteroatoms. The highest BCUT2D eigenvalue weighted by Gasteiger charge is 2.23. The lowest BCUT2D eigenvalue weighted by molar-refractivity contribution is 0.0622. The lowest BCUT2D eigenvalue weighted by Crippen LogP contribution is -2.48. The van der Waals surface area contributed by atoms with Crippen LogP contribution in [0.25, 0.3) is 0 Å². The second kappa shape index (κ2) is 9.16. The fraction of sp³-hybridized carbons (Fsp3) is 0.217. The molecule has 1 aromatic heterocycles. The van der Waals surface area contributed by atoms with Crippen molar-refractivity contribution in [3.63, 3.8) is 0 Å². The number of hydrogen-bond donors (Lipinski definition) is 1. The maximum absolute atomic E-state index is 12.9. The van der Waals surface area contributed by atoms with Gasteiger partial charge in [-0.05, 0) is 29.8 Å². The van der Waals surface area contributed by atoms with Crippen molar-refractivity contribution < 1.29 is 4.79 Å². The number of nitrogens with one attached hydrogen (secondary N) is 1. The van der Waals surface area contributed by atoms with E-state index >= 15 is 0 Å². The molecule has 1 aliphatic rings. The van der Waals surface area contributed by atoms with Crippen molar-refractivity contribution in [3.8, 4) is 6.07 Å². The van der Waals surface area contributed by atoms with Gasteiger partial charge in [0.1, 0.15) is 17.8 Å². The largest absolute Gasteiger partial charge is 0.340 e. The van der Waals surface area contributed by atoms with E-state index in [1.54, 1.807) is 30.3 Å². The van der Waals surface area contributed by atoms with Crippen LogP contribution in [0.1, 0.15) is 21.6 Å². The Morgan fingerprint density at radius 1 is 1.00 bits per heavy atom. The van der Waals surface area contributed by atoms with Crippen LogP contribution in [0.5, 0.6) is 0 Å². The van der Waals surface area contributed by atoms with Gasteiger partial charge in [0.2, 0.25) is 0 Å². The molecular weight excluding hydrogens is 376 g/mol. The lowest BCUT2D eigenvalue weighted by atomic mass is 10.2. The van der Waals surface area contributed by atoms with E-state index in [1.165, 1.54) is 11.9 Å². The SMILES string of the molecule is N#Cc1ccc(Nc2cc(C(=O)N3CCN(Cc4ccccc4)CC3)ncn2)cc1. The number of hydrogen-bond acceptors (Lipinski definition) is 6. The highest BCUT2D eigenvalue weighted by molar-refractivity contribution is 5.93. The first-order valence-electron chi connectivity index (χ1n) is 9.86. The molecule has 0 bridgehead atoms. The zero-order valence-corrected chi connectivity index (χ0v) is 16.5. The molecule has 1 fully saturated rings. The number of piperazine rings is 1. The molecule has 4 rings (SSSR count). The van der Waals surface area contributed by atoms with E-state index in [0.717, 1.165) is 25.3 Å². The number of benzene rings is 2. The van der Waals surface area contributed by atoms with Crippen LogP contribution in [0.4, 0.5) is 11.5 Å². The van der Waals surface area contributed by atoms with Crippen LogP contribution in [0, 0.1) is 11.3 Å². The predicted molar refractivity (Wildman–Crippen MR) is 114 cm³/mol. The van der Waals surface area contributed by atoms with Crippen molar-refractivity contribution in [1.29, 1.82) is 5.26 Å². The Hall–Kier alpha value is -3.76. The van der Waals surface area contributed by atoms with Gasteiger partial charge in [-0.25, -0.2) is 9.97 Å². The molecule has 1 saturated heterocycles. The first kappa shape index (κ1) is 19.6. The van der Waals surface area contributed by atoms with Gasteiger partial charge >= 0.3 is 0 Å². The average Bonchev–Trinajstić information content (AvgIpc) is 2.80. The van der Waals surface area contributed by atoms with Gasteiger partial charge in [0.05, 0.1) is 11.6 Å². The van der Waals surface area contributed by atoms with Crippen LogP contribution >= 0.6 is 0 Å². The molecule has 0 spiro atoms. The Labute approximate surface area is 175 Å². The Balaban J connectivity index is 1.35. The van der Waals surface area contributed by atoms with Gasteiger partial charge in [0.25, 0.3) is 5.91 Å². The van der Waals surface area contributed by atoms with Crippen LogP contribution in [0.3, 0.4) is 0 Å². The molecule has 7 nitrogen and oxygen atoms in total. The molecule has 0 radical (unpaired) electrons. The molecule has 30 heavy (non-hydrogen) atoms. The quantitative estimate of drug-likeness (QED) is 0.711. The Kier molecular flexibility index (Phi) is 5.97. The maximum Gasteiger partial charge on any atom is 0.272 e. The van der Waals surface area contributed by atoms with Crippen LogP contribution in [-0.2, 0) is 6.54 Å². The third-order valence-electron chi connectivity index (χ3n) is 5.08. The van der Waals surface area contributed by atoms with Crippen molar-refractivity contribution in [2.24, 2.45) is 0 Å². The lowest BCUT2D eigenvalue weighted by Gasteiger charge is -2.34. The number of anilines is 2. The molecule has 0 unspecified atom stereocenters. The predicted octanol–water partition coefficient (Wildman–Crippen LogP) is 3.05. The van der Waals surface area contributed by atoms with Crippen molar-refractivity contribution >= 4 is 17.4 Å². The fourth-order valence-corrected chi connectivity index (χ4v) is 3.43. The molecule has 2 aromatic carbocycles. The number of nitrogens with zero attached hydrogens (tertiary/aromatic N) is 5. The maximum atomic E-state index is 12.9. The minimum atomic E-state index is -0.0837. The molecule has 1 amide bonds. The van der Waals surface area contributed by atoms with Crippen molar-refractivity contribution in [1.82, 2.24) is 19.8 Å². The molecule has 0 aliphatic carbocycles. The number of aromatic nitrogens is 2. The summed E-state index contributed by atoms with van der Waals surface area (Å²) in [7, 11) is 0. The van der Waals surface area contributed by atoms with E-state index in [1.807, 2.05) is 23.1 Å². The van der Waals surface area contributed by atoms with Gasteiger partial charge in [-0.3, -0.25) is 9.69 Å². The van der Waals surface area contributed by atoms with Crippen LogP contribution in [0.15, 0.2) is 67.0 Å². The smallest absolute Gasteiger partial charge is 0.272 e. The molecule has 150 valence electrons. The second-order valence-electron chi connectivity index (χ2n) is 7.16. The van der Waals surface area contributed by atoms with Gasteiger partial charge in [-0.2, -0.15) is 5.26 Å². The molecule has 3 aromatic rings. The van der Waals surface area contributed by atoms with Gasteiger partial charge in [0.15, 0.2) is 0 Å². The van der Waals surface area contributed by atoms with E-state index in [4.69, 9.17) is 5.26 Å². The topological polar surface area (TPSA) is 85.2 Å². The van der Waals surface area contributed by atoms with E-state index in [2.05, 4.69) is 38.4 Å². The van der Waals surface area contributed by atoms with Gasteiger partial charge in [-0.15, -0.1) is 0 Å². The summed E-state index contributed by atoms with van der Waals surface area (Å²) >= 11 is 0. The van der Waals surface area contributed by atoms with E-state index in [-0.39, 0.29) is 5.91 Å². The zero-order valence-electron chi connectivity index (χ0n) is 16.5. The van der Waals surface area contributed by atoms with Crippen molar-refractivity contribution in [3.05, 3.63) is 83.8 Å². The summed E-state index contributed by atoms with van der Waals surface area (Å²) in [6.45, 7) is 3.92. The number of rotatable bonds is 5. The summed E-state index contributed by atoms with van der Waals surface area (Å²) in [5.41, 5.74) is 3.04. The van der Waals surface area contributed by atoms with Gasteiger partial charge in [-0.1, -0.05) is 30.3 Å². The minimum Gasteiger partial charge on any atom is -0.340 e. The van der Waals surface area contributed by atoms with Crippen LogP contribution in [0.2, 0.25) is 0 Å². The summed E-state index contributed by atoms with van der Waals surface area (Å²) in [5.74, 6) is 0.459.